The third-order valence-electron chi connectivity index (χ3n) is 4.02. The van der Waals surface area contributed by atoms with E-state index < -0.39 is 11.8 Å². The zero-order chi connectivity index (χ0) is 20.3. The zero-order valence-corrected chi connectivity index (χ0v) is 16.2. The molecule has 0 bridgehead atoms. The molecule has 2 aromatic heterocycles. The van der Waals surface area contributed by atoms with Gasteiger partial charge in [-0.1, -0.05) is 13.8 Å². The lowest BCUT2D eigenvalue weighted by molar-refractivity contribution is 0.0519. The van der Waals surface area contributed by atoms with Crippen molar-refractivity contribution in [2.45, 2.75) is 33.6 Å². The Labute approximate surface area is 162 Å². The van der Waals surface area contributed by atoms with Gasteiger partial charge in [-0.3, -0.25) is 0 Å². The van der Waals surface area contributed by atoms with E-state index >= 15 is 0 Å². The number of esters is 1. The Balaban J connectivity index is 1.90. The van der Waals surface area contributed by atoms with Gasteiger partial charge in [0.05, 0.1) is 24.3 Å². The van der Waals surface area contributed by atoms with Gasteiger partial charge in [0.15, 0.2) is 5.69 Å². The van der Waals surface area contributed by atoms with Gasteiger partial charge in [0.1, 0.15) is 5.82 Å². The van der Waals surface area contributed by atoms with Crippen LogP contribution in [0.1, 0.15) is 48.6 Å². The monoisotopic (exact) mass is 383 g/mol. The van der Waals surface area contributed by atoms with Crippen LogP contribution in [0, 0.1) is 12.7 Å². The van der Waals surface area contributed by atoms with Crippen LogP contribution in [0.5, 0.6) is 0 Å². The predicted molar refractivity (Wildman–Crippen MR) is 104 cm³/mol. The third-order valence-corrected chi connectivity index (χ3v) is 4.02. The number of imidazole rings is 1. The zero-order valence-electron chi connectivity index (χ0n) is 16.2. The summed E-state index contributed by atoms with van der Waals surface area (Å²) in [6.45, 7) is 7.74. The summed E-state index contributed by atoms with van der Waals surface area (Å²) in [5, 5.41) is 2.97. The fourth-order valence-electron chi connectivity index (χ4n) is 2.60. The minimum atomic E-state index is -0.521. The molecule has 0 fully saturated rings. The molecule has 0 aliphatic carbocycles. The number of carbonyl (C=O) groups excluding carboxylic acids is 1. The van der Waals surface area contributed by atoms with Gasteiger partial charge >= 0.3 is 5.97 Å². The summed E-state index contributed by atoms with van der Waals surface area (Å²) in [7, 11) is 0. The van der Waals surface area contributed by atoms with E-state index in [4.69, 9.17) is 4.74 Å². The van der Waals surface area contributed by atoms with E-state index in [1.165, 1.54) is 6.07 Å². The van der Waals surface area contributed by atoms with Gasteiger partial charge in [0, 0.05) is 17.6 Å². The van der Waals surface area contributed by atoms with Crippen molar-refractivity contribution in [3.05, 3.63) is 59.7 Å². The van der Waals surface area contributed by atoms with Crippen LogP contribution in [0.4, 0.5) is 16.0 Å². The molecule has 7 nitrogen and oxygen atoms in total. The fourth-order valence-corrected chi connectivity index (χ4v) is 2.60. The smallest absolute Gasteiger partial charge is 0.357 e. The molecular formula is C20H22FN5O2. The van der Waals surface area contributed by atoms with E-state index in [1.54, 1.807) is 42.2 Å². The van der Waals surface area contributed by atoms with Crippen molar-refractivity contribution >= 4 is 17.6 Å². The van der Waals surface area contributed by atoms with Gasteiger partial charge in [-0.05, 0) is 44.0 Å². The Morgan fingerprint density at radius 3 is 2.68 bits per heavy atom. The number of aromatic nitrogens is 4. The predicted octanol–water partition coefficient (Wildman–Crippen LogP) is 4.15. The highest BCUT2D eigenvalue weighted by Gasteiger charge is 2.15. The summed E-state index contributed by atoms with van der Waals surface area (Å²) in [6.07, 6.45) is 3.30. The van der Waals surface area contributed by atoms with Gasteiger partial charge in [-0.25, -0.2) is 24.1 Å². The second-order valence-electron chi connectivity index (χ2n) is 6.59. The number of aryl methyl sites for hydroxylation is 1. The van der Waals surface area contributed by atoms with Crippen molar-refractivity contribution in [3.63, 3.8) is 0 Å². The Bertz CT molecular complexity index is 1000. The number of rotatable bonds is 6. The number of anilines is 2. The molecule has 0 radical (unpaired) electrons. The summed E-state index contributed by atoms with van der Waals surface area (Å²) >= 11 is 0. The van der Waals surface area contributed by atoms with Gasteiger partial charge in [-0.2, -0.15) is 0 Å². The number of nitrogens with zero attached hydrogens (tertiary/aromatic N) is 4. The lowest BCUT2D eigenvalue weighted by Gasteiger charge is -2.12. The van der Waals surface area contributed by atoms with Crippen LogP contribution < -0.4 is 5.32 Å². The molecule has 146 valence electrons. The molecular weight excluding hydrogens is 361 g/mol. The van der Waals surface area contributed by atoms with E-state index in [0.29, 0.717) is 17.1 Å². The van der Waals surface area contributed by atoms with Crippen molar-refractivity contribution in [1.29, 1.82) is 0 Å². The number of hydrogen-bond acceptors (Lipinski definition) is 6. The van der Waals surface area contributed by atoms with E-state index in [-0.39, 0.29) is 24.2 Å². The maximum Gasteiger partial charge on any atom is 0.357 e. The van der Waals surface area contributed by atoms with Crippen molar-refractivity contribution in [1.82, 2.24) is 19.5 Å². The molecule has 0 atom stereocenters. The molecule has 2 heterocycles. The van der Waals surface area contributed by atoms with Crippen LogP contribution in [0.3, 0.4) is 0 Å². The highest BCUT2D eigenvalue weighted by molar-refractivity contribution is 5.87. The molecule has 8 heteroatoms. The number of nitrogens with one attached hydrogen (secondary N) is 1. The van der Waals surface area contributed by atoms with Crippen LogP contribution >= 0.6 is 0 Å². The molecule has 0 saturated heterocycles. The van der Waals surface area contributed by atoms with E-state index in [0.717, 1.165) is 5.69 Å². The van der Waals surface area contributed by atoms with Gasteiger partial charge < -0.3 is 14.6 Å². The topological polar surface area (TPSA) is 81.9 Å². The summed E-state index contributed by atoms with van der Waals surface area (Å²) < 4.78 is 21.2. The molecule has 1 N–H and O–H groups in total. The fraction of sp³-hybridized carbons (Fsp3) is 0.300. The molecule has 0 aliphatic heterocycles. The van der Waals surface area contributed by atoms with Crippen molar-refractivity contribution in [2.24, 2.45) is 0 Å². The Morgan fingerprint density at radius 2 is 2.07 bits per heavy atom. The van der Waals surface area contributed by atoms with E-state index in [9.17, 15) is 9.18 Å². The minimum Gasteiger partial charge on any atom is -0.461 e. The van der Waals surface area contributed by atoms with Crippen LogP contribution in [0.25, 0.3) is 5.69 Å². The first-order valence-corrected chi connectivity index (χ1v) is 9.01. The first-order chi connectivity index (χ1) is 13.4. The largest absolute Gasteiger partial charge is 0.461 e. The number of ether oxygens (including phenoxy) is 1. The summed E-state index contributed by atoms with van der Waals surface area (Å²) in [5.41, 5.74) is 2.50. The summed E-state index contributed by atoms with van der Waals surface area (Å²) in [5.74, 6) is -0.653. The molecule has 28 heavy (non-hydrogen) atoms. The molecule has 0 aliphatic rings. The number of benzene rings is 1. The molecule has 0 spiro atoms. The number of halogens is 1. The highest BCUT2D eigenvalue weighted by Crippen LogP contribution is 2.22. The van der Waals surface area contributed by atoms with Crippen LogP contribution in [0.15, 0.2) is 36.8 Å². The lowest BCUT2D eigenvalue weighted by atomic mass is 10.1. The first kappa shape index (κ1) is 19.5. The second kappa shape index (κ2) is 8.16. The normalized spacial score (nSPS) is 10.9. The quantitative estimate of drug-likeness (QED) is 0.644. The SMILES string of the molecule is CCOC(=O)c1cc(C(C)C)nc(Nc2ccc(-n3cnc(C)c3)c(F)c2)n1. The van der Waals surface area contributed by atoms with Crippen LogP contribution in [-0.4, -0.2) is 32.1 Å². The van der Waals surface area contributed by atoms with Gasteiger partial charge in [-0.15, -0.1) is 0 Å². The van der Waals surface area contributed by atoms with E-state index in [1.807, 2.05) is 20.8 Å². The molecule has 0 saturated carbocycles. The standard InChI is InChI=1S/C20H22FN5O2/c1-5-28-19(27)17-9-16(12(2)3)24-20(25-17)23-14-6-7-18(15(21)8-14)26-10-13(4)22-11-26/h6-12H,5H2,1-4H3,(H,23,24,25). The van der Waals surface area contributed by atoms with E-state index in [2.05, 4.69) is 20.3 Å². The van der Waals surface area contributed by atoms with Crippen molar-refractivity contribution in [2.75, 3.05) is 11.9 Å². The number of hydrogen-bond donors (Lipinski definition) is 1. The third kappa shape index (κ3) is 4.33. The maximum atomic E-state index is 14.6. The average molecular weight is 383 g/mol. The lowest BCUT2D eigenvalue weighted by Crippen LogP contribution is -2.12. The molecule has 1 aromatic carbocycles. The molecule has 0 amide bonds. The first-order valence-electron chi connectivity index (χ1n) is 9.01. The van der Waals surface area contributed by atoms with Crippen LogP contribution in [0.2, 0.25) is 0 Å². The van der Waals surface area contributed by atoms with Crippen molar-refractivity contribution in [3.8, 4) is 5.69 Å². The molecule has 3 rings (SSSR count). The van der Waals surface area contributed by atoms with Crippen molar-refractivity contribution < 1.29 is 13.9 Å². The molecule has 3 aromatic rings. The minimum absolute atomic E-state index is 0.0836. The maximum absolute atomic E-state index is 14.6. The molecule has 0 unspecified atom stereocenters. The van der Waals surface area contributed by atoms with Crippen LogP contribution in [-0.2, 0) is 4.74 Å². The average Bonchev–Trinajstić information content (AvgIpc) is 3.07. The Hall–Kier alpha value is -3.29. The Morgan fingerprint density at radius 1 is 1.29 bits per heavy atom. The highest BCUT2D eigenvalue weighted by atomic mass is 19.1. The van der Waals surface area contributed by atoms with Gasteiger partial charge in [0.2, 0.25) is 5.95 Å². The number of carbonyl (C=O) groups is 1. The summed E-state index contributed by atoms with van der Waals surface area (Å²) in [6, 6.07) is 6.31. The summed E-state index contributed by atoms with van der Waals surface area (Å²) in [4.78, 5) is 24.8. The van der Waals surface area contributed by atoms with Gasteiger partial charge in [0.25, 0.3) is 0 Å². The Kier molecular flexibility index (Phi) is 5.67. The second-order valence-corrected chi connectivity index (χ2v) is 6.59.